The number of rotatable bonds is 8. The second kappa shape index (κ2) is 7.36. The first-order valence-corrected chi connectivity index (χ1v) is 7.58. The SMILES string of the molecule is CCNc1nccc(C(=O)NCCN(CC)C2CC2)c1F. The zero-order chi connectivity index (χ0) is 15.2. The Hall–Kier alpha value is -1.69. The van der Waals surface area contributed by atoms with E-state index in [2.05, 4.69) is 27.4 Å². The number of aromatic nitrogens is 1. The molecule has 1 saturated carbocycles. The van der Waals surface area contributed by atoms with E-state index in [0.717, 1.165) is 13.1 Å². The van der Waals surface area contributed by atoms with Crippen LogP contribution in [0.5, 0.6) is 0 Å². The first-order valence-electron chi connectivity index (χ1n) is 7.58. The van der Waals surface area contributed by atoms with Gasteiger partial charge in [0.2, 0.25) is 0 Å². The summed E-state index contributed by atoms with van der Waals surface area (Å²) in [5, 5.41) is 5.58. The number of hydrogen-bond donors (Lipinski definition) is 2. The van der Waals surface area contributed by atoms with Crippen molar-refractivity contribution in [2.75, 3.05) is 31.5 Å². The van der Waals surface area contributed by atoms with Gasteiger partial charge < -0.3 is 10.6 Å². The molecule has 1 fully saturated rings. The highest BCUT2D eigenvalue weighted by Crippen LogP contribution is 2.25. The summed E-state index contributed by atoms with van der Waals surface area (Å²) in [6.45, 7) is 6.84. The van der Waals surface area contributed by atoms with E-state index < -0.39 is 5.82 Å². The number of nitrogens with zero attached hydrogens (tertiary/aromatic N) is 2. The van der Waals surface area contributed by atoms with Crippen molar-refractivity contribution in [1.29, 1.82) is 0 Å². The summed E-state index contributed by atoms with van der Waals surface area (Å²) >= 11 is 0. The van der Waals surface area contributed by atoms with Crippen LogP contribution in [0.3, 0.4) is 0 Å². The number of amides is 1. The van der Waals surface area contributed by atoms with Crippen LogP contribution >= 0.6 is 0 Å². The largest absolute Gasteiger partial charge is 0.368 e. The molecule has 0 radical (unpaired) electrons. The van der Waals surface area contributed by atoms with Crippen LogP contribution in [0.25, 0.3) is 0 Å². The third kappa shape index (κ3) is 4.14. The van der Waals surface area contributed by atoms with Gasteiger partial charge in [0.25, 0.3) is 5.91 Å². The van der Waals surface area contributed by atoms with E-state index in [4.69, 9.17) is 0 Å². The summed E-state index contributed by atoms with van der Waals surface area (Å²) in [6, 6.07) is 2.08. The van der Waals surface area contributed by atoms with E-state index in [-0.39, 0.29) is 17.3 Å². The van der Waals surface area contributed by atoms with Crippen LogP contribution in [0.15, 0.2) is 12.3 Å². The maximum Gasteiger partial charge on any atom is 0.254 e. The highest BCUT2D eigenvalue weighted by molar-refractivity contribution is 5.95. The Morgan fingerprint density at radius 2 is 2.24 bits per heavy atom. The smallest absolute Gasteiger partial charge is 0.254 e. The molecule has 1 aliphatic carbocycles. The lowest BCUT2D eigenvalue weighted by Crippen LogP contribution is -2.36. The van der Waals surface area contributed by atoms with Crippen molar-refractivity contribution in [2.24, 2.45) is 0 Å². The number of nitrogens with one attached hydrogen (secondary N) is 2. The minimum atomic E-state index is -0.591. The molecule has 1 aliphatic rings. The molecular formula is C15H23FN4O. The van der Waals surface area contributed by atoms with Gasteiger partial charge in [-0.25, -0.2) is 9.37 Å². The van der Waals surface area contributed by atoms with E-state index >= 15 is 0 Å². The van der Waals surface area contributed by atoms with Crippen LogP contribution in [0.4, 0.5) is 10.2 Å². The van der Waals surface area contributed by atoms with Crippen LogP contribution in [0.2, 0.25) is 0 Å². The molecule has 5 nitrogen and oxygen atoms in total. The molecule has 1 aromatic rings. The molecular weight excluding hydrogens is 271 g/mol. The van der Waals surface area contributed by atoms with Gasteiger partial charge in [-0.3, -0.25) is 9.69 Å². The second-order valence-corrected chi connectivity index (χ2v) is 5.17. The first kappa shape index (κ1) is 15.7. The third-order valence-corrected chi connectivity index (χ3v) is 3.63. The number of carbonyl (C=O) groups is 1. The molecule has 2 rings (SSSR count). The van der Waals surface area contributed by atoms with Crippen molar-refractivity contribution in [2.45, 2.75) is 32.7 Å². The molecule has 0 bridgehead atoms. The molecule has 1 amide bonds. The van der Waals surface area contributed by atoms with Crippen molar-refractivity contribution in [3.8, 4) is 0 Å². The first-order chi connectivity index (χ1) is 10.2. The molecule has 21 heavy (non-hydrogen) atoms. The van der Waals surface area contributed by atoms with Gasteiger partial charge >= 0.3 is 0 Å². The molecule has 6 heteroatoms. The molecule has 1 heterocycles. The number of likely N-dealkylation sites (N-methyl/N-ethyl adjacent to an activating group) is 1. The summed E-state index contributed by atoms with van der Waals surface area (Å²) in [4.78, 5) is 18.3. The maximum atomic E-state index is 14.1. The molecule has 0 spiro atoms. The van der Waals surface area contributed by atoms with Crippen molar-refractivity contribution >= 4 is 11.7 Å². The fourth-order valence-corrected chi connectivity index (χ4v) is 2.36. The predicted molar refractivity (Wildman–Crippen MR) is 81.0 cm³/mol. The summed E-state index contributed by atoms with van der Waals surface area (Å²) in [6.07, 6.45) is 3.93. The number of anilines is 1. The number of hydrogen-bond acceptors (Lipinski definition) is 4. The number of carbonyl (C=O) groups excluding carboxylic acids is 1. The summed E-state index contributed by atoms with van der Waals surface area (Å²) in [5.74, 6) is -0.856. The van der Waals surface area contributed by atoms with Crippen LogP contribution in [0.1, 0.15) is 37.0 Å². The van der Waals surface area contributed by atoms with Crippen molar-refractivity contribution in [3.63, 3.8) is 0 Å². The Balaban J connectivity index is 1.89. The van der Waals surface area contributed by atoms with Gasteiger partial charge in [-0.2, -0.15) is 0 Å². The molecule has 0 unspecified atom stereocenters. The Morgan fingerprint density at radius 1 is 1.48 bits per heavy atom. The van der Waals surface area contributed by atoms with Gasteiger partial charge in [0.05, 0.1) is 5.56 Å². The second-order valence-electron chi connectivity index (χ2n) is 5.17. The average Bonchev–Trinajstić information content (AvgIpc) is 3.30. The van der Waals surface area contributed by atoms with Gasteiger partial charge in [0, 0.05) is 31.9 Å². The van der Waals surface area contributed by atoms with E-state index in [1.54, 1.807) is 0 Å². The van der Waals surface area contributed by atoms with Gasteiger partial charge in [0.15, 0.2) is 11.6 Å². The molecule has 0 aliphatic heterocycles. The van der Waals surface area contributed by atoms with E-state index in [1.165, 1.54) is 25.1 Å². The third-order valence-electron chi connectivity index (χ3n) is 3.63. The topological polar surface area (TPSA) is 57.3 Å². The lowest BCUT2D eigenvalue weighted by atomic mass is 10.2. The minimum Gasteiger partial charge on any atom is -0.368 e. The standard InChI is InChI=1S/C15H23FN4O/c1-3-17-14-13(16)12(7-8-18-14)15(21)19-9-10-20(4-2)11-5-6-11/h7-8,11H,3-6,9-10H2,1-2H3,(H,17,18)(H,19,21). The quantitative estimate of drug-likeness (QED) is 0.768. The fraction of sp³-hybridized carbons (Fsp3) is 0.600. The van der Waals surface area contributed by atoms with E-state index in [9.17, 15) is 9.18 Å². The highest BCUT2D eigenvalue weighted by atomic mass is 19.1. The molecule has 0 atom stereocenters. The minimum absolute atomic E-state index is 0.0374. The highest BCUT2D eigenvalue weighted by Gasteiger charge is 2.27. The summed E-state index contributed by atoms with van der Waals surface area (Å²) < 4.78 is 14.1. The van der Waals surface area contributed by atoms with Crippen molar-refractivity contribution < 1.29 is 9.18 Å². The lowest BCUT2D eigenvalue weighted by Gasteiger charge is -2.19. The number of pyridine rings is 1. The Bertz CT molecular complexity index is 491. The van der Waals surface area contributed by atoms with Crippen molar-refractivity contribution in [1.82, 2.24) is 15.2 Å². The zero-order valence-corrected chi connectivity index (χ0v) is 12.7. The summed E-state index contributed by atoms with van der Waals surface area (Å²) in [5.41, 5.74) is 0.0374. The van der Waals surface area contributed by atoms with Gasteiger partial charge in [-0.15, -0.1) is 0 Å². The van der Waals surface area contributed by atoms with Crippen molar-refractivity contribution in [3.05, 3.63) is 23.6 Å². The molecule has 0 aromatic carbocycles. The van der Waals surface area contributed by atoms with Gasteiger partial charge in [0.1, 0.15) is 0 Å². The normalized spacial score (nSPS) is 14.3. The monoisotopic (exact) mass is 294 g/mol. The van der Waals surface area contributed by atoms with Crippen LogP contribution < -0.4 is 10.6 Å². The van der Waals surface area contributed by atoms with Gasteiger partial charge in [-0.05, 0) is 32.4 Å². The molecule has 1 aromatic heterocycles. The van der Waals surface area contributed by atoms with Crippen LogP contribution in [-0.2, 0) is 0 Å². The Kier molecular flexibility index (Phi) is 5.50. The molecule has 0 saturated heterocycles. The maximum absolute atomic E-state index is 14.1. The van der Waals surface area contributed by atoms with E-state index in [1.807, 2.05) is 6.92 Å². The molecule has 2 N–H and O–H groups in total. The summed E-state index contributed by atoms with van der Waals surface area (Å²) in [7, 11) is 0. The van der Waals surface area contributed by atoms with Crippen LogP contribution in [-0.4, -0.2) is 48.0 Å². The number of halogens is 1. The average molecular weight is 294 g/mol. The molecule has 116 valence electrons. The fourth-order valence-electron chi connectivity index (χ4n) is 2.36. The van der Waals surface area contributed by atoms with Crippen LogP contribution in [0, 0.1) is 5.82 Å². The Morgan fingerprint density at radius 3 is 2.86 bits per heavy atom. The van der Waals surface area contributed by atoms with E-state index in [0.29, 0.717) is 19.1 Å². The Labute approximate surface area is 124 Å². The predicted octanol–water partition coefficient (Wildman–Crippen LogP) is 1.87. The lowest BCUT2D eigenvalue weighted by molar-refractivity contribution is 0.0944. The van der Waals surface area contributed by atoms with Gasteiger partial charge in [-0.1, -0.05) is 6.92 Å². The zero-order valence-electron chi connectivity index (χ0n) is 12.7.